The Bertz CT molecular complexity index is 451. The monoisotopic (exact) mass is 252 g/mol. The van der Waals surface area contributed by atoms with Gasteiger partial charge in [-0.05, 0) is 30.2 Å². The van der Waals surface area contributed by atoms with Crippen LogP contribution in [0.1, 0.15) is 18.9 Å². The third-order valence-corrected chi connectivity index (χ3v) is 2.50. The Hall–Kier alpha value is -2.17. The topological polar surface area (TPSA) is 76.0 Å². The zero-order valence-corrected chi connectivity index (χ0v) is 10.6. The van der Waals surface area contributed by atoms with E-state index >= 15 is 0 Å². The number of phenolic OH excluding ortho intramolecular Hbond substituents is 1. The van der Waals surface area contributed by atoms with Crippen molar-refractivity contribution in [1.29, 1.82) is 0 Å². The molecule has 0 atom stereocenters. The summed E-state index contributed by atoms with van der Waals surface area (Å²) in [7, 11) is 2.83. The molecule has 0 amide bonds. The number of ether oxygens (including phenoxy) is 2. The van der Waals surface area contributed by atoms with Gasteiger partial charge in [0.25, 0.3) is 0 Å². The molecule has 0 radical (unpaired) electrons. The Labute approximate surface area is 105 Å². The summed E-state index contributed by atoms with van der Waals surface area (Å²) >= 11 is 0. The molecule has 5 nitrogen and oxygen atoms in total. The molecule has 0 aromatic heterocycles. The molecule has 5 heteroatoms. The van der Waals surface area contributed by atoms with Crippen LogP contribution in [0.5, 0.6) is 17.2 Å². The molecule has 98 valence electrons. The van der Waals surface area contributed by atoms with Crippen molar-refractivity contribution in [2.24, 2.45) is 0 Å². The van der Waals surface area contributed by atoms with Gasteiger partial charge in [0.2, 0.25) is 5.75 Å². The van der Waals surface area contributed by atoms with Crippen LogP contribution in [-0.4, -0.2) is 30.4 Å². The van der Waals surface area contributed by atoms with E-state index in [2.05, 4.69) is 0 Å². The van der Waals surface area contributed by atoms with E-state index in [1.54, 1.807) is 19.1 Å². The second kappa shape index (κ2) is 5.95. The second-order valence-electron chi connectivity index (χ2n) is 3.60. The van der Waals surface area contributed by atoms with Crippen molar-refractivity contribution in [2.75, 3.05) is 14.2 Å². The summed E-state index contributed by atoms with van der Waals surface area (Å²) < 4.78 is 9.99. The van der Waals surface area contributed by atoms with E-state index in [4.69, 9.17) is 14.6 Å². The first kappa shape index (κ1) is 13.9. The number of carboxylic acids is 1. The summed E-state index contributed by atoms with van der Waals surface area (Å²) in [4.78, 5) is 10.9. The van der Waals surface area contributed by atoms with Crippen LogP contribution in [0.3, 0.4) is 0 Å². The Morgan fingerprint density at radius 3 is 2.11 bits per heavy atom. The summed E-state index contributed by atoms with van der Waals surface area (Å²) in [6, 6.07) is 3.10. The van der Waals surface area contributed by atoms with E-state index < -0.39 is 5.97 Å². The zero-order valence-electron chi connectivity index (χ0n) is 10.6. The van der Waals surface area contributed by atoms with Crippen molar-refractivity contribution in [3.8, 4) is 17.2 Å². The fourth-order valence-electron chi connectivity index (χ4n) is 1.51. The van der Waals surface area contributed by atoms with Crippen LogP contribution in [0.15, 0.2) is 17.7 Å². The number of aliphatic carboxylic acids is 1. The highest BCUT2D eigenvalue weighted by Gasteiger charge is 2.11. The fourth-order valence-corrected chi connectivity index (χ4v) is 1.51. The van der Waals surface area contributed by atoms with Gasteiger partial charge < -0.3 is 19.7 Å². The Kier molecular flexibility index (Phi) is 4.59. The van der Waals surface area contributed by atoms with E-state index in [0.717, 1.165) is 0 Å². The van der Waals surface area contributed by atoms with E-state index in [1.165, 1.54) is 20.3 Å². The van der Waals surface area contributed by atoms with E-state index in [0.29, 0.717) is 12.0 Å². The molecular formula is C13H16O5. The van der Waals surface area contributed by atoms with Gasteiger partial charge in [-0.3, -0.25) is 0 Å². The van der Waals surface area contributed by atoms with Crippen molar-refractivity contribution in [3.63, 3.8) is 0 Å². The Morgan fingerprint density at radius 2 is 1.78 bits per heavy atom. The number of rotatable bonds is 5. The molecule has 0 heterocycles. The predicted molar refractivity (Wildman–Crippen MR) is 67.1 cm³/mol. The molecule has 0 saturated carbocycles. The quantitative estimate of drug-likeness (QED) is 0.786. The van der Waals surface area contributed by atoms with Crippen molar-refractivity contribution in [3.05, 3.63) is 23.3 Å². The van der Waals surface area contributed by atoms with Gasteiger partial charge in [-0.25, -0.2) is 4.79 Å². The van der Waals surface area contributed by atoms with Gasteiger partial charge >= 0.3 is 5.97 Å². The molecule has 0 bridgehead atoms. The first-order valence-corrected chi connectivity index (χ1v) is 5.42. The Morgan fingerprint density at radius 1 is 1.28 bits per heavy atom. The minimum atomic E-state index is -0.969. The first-order chi connectivity index (χ1) is 8.53. The highest BCUT2D eigenvalue weighted by molar-refractivity contribution is 5.92. The maximum Gasteiger partial charge on any atom is 0.331 e. The average Bonchev–Trinajstić information content (AvgIpc) is 2.36. The molecule has 0 fully saturated rings. The van der Waals surface area contributed by atoms with E-state index in [9.17, 15) is 9.90 Å². The van der Waals surface area contributed by atoms with Crippen molar-refractivity contribution in [1.82, 2.24) is 0 Å². The molecule has 0 spiro atoms. The average molecular weight is 252 g/mol. The Balaban J connectivity index is 3.29. The summed E-state index contributed by atoms with van der Waals surface area (Å²) in [6.07, 6.45) is 1.92. The number of hydrogen-bond donors (Lipinski definition) is 2. The van der Waals surface area contributed by atoms with Crippen LogP contribution in [0.25, 0.3) is 6.08 Å². The van der Waals surface area contributed by atoms with Crippen LogP contribution in [-0.2, 0) is 4.79 Å². The molecule has 1 aromatic carbocycles. The number of methoxy groups -OCH3 is 2. The van der Waals surface area contributed by atoms with Gasteiger partial charge in [0, 0.05) is 5.57 Å². The minimum absolute atomic E-state index is 0.106. The lowest BCUT2D eigenvalue weighted by Crippen LogP contribution is -1.99. The first-order valence-electron chi connectivity index (χ1n) is 5.42. The number of carboxylic acid groups (broad SMARTS) is 1. The molecule has 1 aromatic rings. The summed E-state index contributed by atoms with van der Waals surface area (Å²) in [5.74, 6) is -0.600. The van der Waals surface area contributed by atoms with Crippen LogP contribution in [0.2, 0.25) is 0 Å². The SMILES string of the molecule is CC/C(=C/c1cc(OC)c(O)c(OC)c1)C(=O)O. The lowest BCUT2D eigenvalue weighted by atomic mass is 10.1. The van der Waals surface area contributed by atoms with Crippen LogP contribution in [0.4, 0.5) is 0 Å². The largest absolute Gasteiger partial charge is 0.502 e. The van der Waals surface area contributed by atoms with E-state index in [1.807, 2.05) is 0 Å². The highest BCUT2D eigenvalue weighted by atomic mass is 16.5. The zero-order chi connectivity index (χ0) is 13.7. The van der Waals surface area contributed by atoms with Gasteiger partial charge in [0.15, 0.2) is 11.5 Å². The van der Waals surface area contributed by atoms with Crippen LogP contribution < -0.4 is 9.47 Å². The number of hydrogen-bond acceptors (Lipinski definition) is 4. The third kappa shape index (κ3) is 2.94. The maximum atomic E-state index is 10.9. The smallest absolute Gasteiger partial charge is 0.331 e. The van der Waals surface area contributed by atoms with Gasteiger partial charge in [-0.2, -0.15) is 0 Å². The molecule has 0 aliphatic heterocycles. The van der Waals surface area contributed by atoms with Gasteiger partial charge in [-0.1, -0.05) is 6.92 Å². The predicted octanol–water partition coefficient (Wildman–Crippen LogP) is 2.29. The maximum absolute atomic E-state index is 10.9. The van der Waals surface area contributed by atoms with Gasteiger partial charge in [0.1, 0.15) is 0 Å². The van der Waals surface area contributed by atoms with Crippen molar-refractivity contribution < 1.29 is 24.5 Å². The molecule has 18 heavy (non-hydrogen) atoms. The van der Waals surface area contributed by atoms with Gasteiger partial charge in [-0.15, -0.1) is 0 Å². The van der Waals surface area contributed by atoms with E-state index in [-0.39, 0.29) is 22.8 Å². The van der Waals surface area contributed by atoms with Crippen molar-refractivity contribution in [2.45, 2.75) is 13.3 Å². The lowest BCUT2D eigenvalue weighted by molar-refractivity contribution is -0.132. The summed E-state index contributed by atoms with van der Waals surface area (Å²) in [5.41, 5.74) is 0.866. The number of phenols is 1. The molecule has 2 N–H and O–H groups in total. The summed E-state index contributed by atoms with van der Waals surface area (Å²) in [5, 5.41) is 18.7. The number of benzene rings is 1. The van der Waals surface area contributed by atoms with Crippen LogP contribution in [0, 0.1) is 0 Å². The molecule has 0 aliphatic carbocycles. The molecule has 0 unspecified atom stereocenters. The molecule has 0 saturated heterocycles. The standard InChI is InChI=1S/C13H16O5/c1-4-9(13(15)16)5-8-6-10(17-2)12(14)11(7-8)18-3/h5-7,14H,4H2,1-3H3,(H,15,16)/b9-5-. The van der Waals surface area contributed by atoms with Crippen molar-refractivity contribution >= 4 is 12.0 Å². The molecular weight excluding hydrogens is 236 g/mol. The molecule has 1 rings (SSSR count). The number of aromatic hydroxyl groups is 1. The molecule has 0 aliphatic rings. The minimum Gasteiger partial charge on any atom is -0.502 e. The third-order valence-electron chi connectivity index (χ3n) is 2.50. The van der Waals surface area contributed by atoms with Crippen LogP contribution >= 0.6 is 0 Å². The fraction of sp³-hybridized carbons (Fsp3) is 0.308. The number of carbonyl (C=O) groups is 1. The highest BCUT2D eigenvalue weighted by Crippen LogP contribution is 2.37. The summed E-state index contributed by atoms with van der Waals surface area (Å²) in [6.45, 7) is 1.76. The van der Waals surface area contributed by atoms with Gasteiger partial charge in [0.05, 0.1) is 14.2 Å². The lowest BCUT2D eigenvalue weighted by Gasteiger charge is -2.10. The second-order valence-corrected chi connectivity index (χ2v) is 3.60. The normalized spacial score (nSPS) is 11.2.